The number of nitrogens with two attached hydrogens (primary N) is 1. The van der Waals surface area contributed by atoms with E-state index in [0.717, 1.165) is 12.1 Å². The molecule has 21 heavy (non-hydrogen) atoms. The van der Waals surface area contributed by atoms with Crippen LogP contribution in [0.1, 0.15) is 5.56 Å². The van der Waals surface area contributed by atoms with Gasteiger partial charge in [0.15, 0.2) is 11.6 Å². The van der Waals surface area contributed by atoms with Crippen molar-refractivity contribution < 1.29 is 18.4 Å². The summed E-state index contributed by atoms with van der Waals surface area (Å²) in [6, 6.07) is 7.15. The lowest BCUT2D eigenvalue weighted by Gasteiger charge is -2.11. The number of hydrogen-bond acceptors (Lipinski definition) is 5. The Bertz CT molecular complexity index is 680. The van der Waals surface area contributed by atoms with Gasteiger partial charge in [-0.3, -0.25) is 16.0 Å². The van der Waals surface area contributed by atoms with Gasteiger partial charge in [0.25, 0.3) is 5.69 Å². The first-order valence-corrected chi connectivity index (χ1v) is 5.83. The highest BCUT2D eigenvalue weighted by atomic mass is 19.1. The second-order valence-electron chi connectivity index (χ2n) is 4.08. The zero-order chi connectivity index (χ0) is 15.4. The Balaban J connectivity index is 2.24. The number of ether oxygens (including phenoxy) is 1. The molecule has 0 unspecified atom stereocenters. The van der Waals surface area contributed by atoms with Crippen LogP contribution < -0.4 is 16.0 Å². The molecule has 0 aliphatic heterocycles. The summed E-state index contributed by atoms with van der Waals surface area (Å²) < 4.78 is 31.4. The fourth-order valence-corrected chi connectivity index (χ4v) is 1.77. The van der Waals surface area contributed by atoms with Crippen molar-refractivity contribution in [1.82, 2.24) is 0 Å². The Morgan fingerprint density at radius 2 is 2.05 bits per heavy atom. The molecule has 2 aromatic carbocycles. The number of nitrogens with one attached hydrogen (secondary N) is 1. The maximum atomic E-state index is 13.4. The van der Waals surface area contributed by atoms with Gasteiger partial charge < -0.3 is 10.2 Å². The van der Waals surface area contributed by atoms with Crippen molar-refractivity contribution in [2.24, 2.45) is 5.84 Å². The Labute approximate surface area is 118 Å². The fourth-order valence-electron chi connectivity index (χ4n) is 1.77. The van der Waals surface area contributed by atoms with E-state index in [4.69, 9.17) is 10.6 Å². The Kier molecular flexibility index (Phi) is 4.29. The first-order chi connectivity index (χ1) is 10.0. The van der Waals surface area contributed by atoms with Crippen LogP contribution in [0.25, 0.3) is 0 Å². The highest BCUT2D eigenvalue weighted by Gasteiger charge is 2.17. The number of para-hydroxylation sites is 1. The highest BCUT2D eigenvalue weighted by Crippen LogP contribution is 2.28. The minimum absolute atomic E-state index is 0.0741. The monoisotopic (exact) mass is 295 g/mol. The molecule has 0 aliphatic rings. The molecule has 110 valence electrons. The van der Waals surface area contributed by atoms with Crippen LogP contribution in [0.4, 0.5) is 20.2 Å². The van der Waals surface area contributed by atoms with E-state index >= 15 is 0 Å². The Hall–Kier alpha value is -2.74. The quantitative estimate of drug-likeness (QED) is 0.503. The van der Waals surface area contributed by atoms with Gasteiger partial charge in [-0.25, -0.2) is 8.78 Å². The van der Waals surface area contributed by atoms with Gasteiger partial charge in [0.1, 0.15) is 18.1 Å². The first-order valence-electron chi connectivity index (χ1n) is 5.83. The summed E-state index contributed by atoms with van der Waals surface area (Å²) in [5, 5.41) is 10.9. The maximum absolute atomic E-state index is 13.4. The average Bonchev–Trinajstić information content (AvgIpc) is 2.45. The molecule has 0 aromatic heterocycles. The lowest BCUT2D eigenvalue weighted by molar-refractivity contribution is -0.384. The van der Waals surface area contributed by atoms with Crippen molar-refractivity contribution >= 4 is 11.4 Å². The summed E-state index contributed by atoms with van der Waals surface area (Å²) in [7, 11) is 0. The van der Waals surface area contributed by atoms with Crippen LogP contribution >= 0.6 is 0 Å². The second kappa shape index (κ2) is 6.14. The van der Waals surface area contributed by atoms with Crippen LogP contribution in [0.3, 0.4) is 0 Å². The second-order valence-corrected chi connectivity index (χ2v) is 4.08. The third kappa shape index (κ3) is 3.23. The van der Waals surface area contributed by atoms with E-state index in [1.165, 1.54) is 12.1 Å². The number of nitro groups is 1. The molecule has 0 heterocycles. The van der Waals surface area contributed by atoms with Gasteiger partial charge in [-0.15, -0.1) is 0 Å². The van der Waals surface area contributed by atoms with E-state index in [0.29, 0.717) is 11.6 Å². The molecule has 0 atom stereocenters. The number of hydrazine groups is 1. The van der Waals surface area contributed by atoms with Gasteiger partial charge in [-0.2, -0.15) is 0 Å². The van der Waals surface area contributed by atoms with E-state index in [1.54, 1.807) is 6.07 Å². The average molecular weight is 295 g/mol. The molecule has 0 bridgehead atoms. The number of hydrogen-bond donors (Lipinski definition) is 2. The van der Waals surface area contributed by atoms with E-state index in [9.17, 15) is 18.9 Å². The number of halogens is 2. The van der Waals surface area contributed by atoms with Crippen LogP contribution in [0.5, 0.6) is 5.75 Å². The summed E-state index contributed by atoms with van der Waals surface area (Å²) in [5.41, 5.74) is 2.45. The molecule has 0 radical (unpaired) electrons. The van der Waals surface area contributed by atoms with Crippen molar-refractivity contribution in [3.05, 3.63) is 63.7 Å². The van der Waals surface area contributed by atoms with E-state index in [2.05, 4.69) is 5.43 Å². The molecule has 0 saturated heterocycles. The van der Waals surface area contributed by atoms with Gasteiger partial charge in [0.05, 0.1) is 4.92 Å². The van der Waals surface area contributed by atoms with Gasteiger partial charge in [-0.1, -0.05) is 12.1 Å². The fraction of sp³-hybridized carbons (Fsp3) is 0.0769. The van der Waals surface area contributed by atoms with Crippen LogP contribution in [0.15, 0.2) is 36.4 Å². The van der Waals surface area contributed by atoms with E-state index in [1.807, 2.05) is 0 Å². The number of anilines is 1. The summed E-state index contributed by atoms with van der Waals surface area (Å²) in [6.45, 7) is -0.163. The van der Waals surface area contributed by atoms with Crippen LogP contribution in [-0.4, -0.2) is 4.92 Å². The Morgan fingerprint density at radius 1 is 1.29 bits per heavy atom. The predicted octanol–water partition coefficient (Wildman–Crippen LogP) is 2.74. The molecule has 2 aromatic rings. The number of benzene rings is 2. The van der Waals surface area contributed by atoms with Crippen molar-refractivity contribution in [2.45, 2.75) is 6.61 Å². The summed E-state index contributed by atoms with van der Waals surface area (Å²) >= 11 is 0. The molecule has 3 N–H and O–H groups in total. The number of nitrogens with zero attached hydrogens (tertiary/aromatic N) is 1. The van der Waals surface area contributed by atoms with Gasteiger partial charge in [0.2, 0.25) is 0 Å². The molecule has 0 spiro atoms. The summed E-state index contributed by atoms with van der Waals surface area (Å²) in [6.07, 6.45) is 0. The maximum Gasteiger partial charge on any atom is 0.294 e. The van der Waals surface area contributed by atoms with E-state index < -0.39 is 16.6 Å². The van der Waals surface area contributed by atoms with Gasteiger partial charge in [-0.05, 0) is 12.1 Å². The van der Waals surface area contributed by atoms with Gasteiger partial charge in [0, 0.05) is 17.7 Å². The minimum atomic E-state index is -0.859. The molecule has 0 amide bonds. The first kappa shape index (κ1) is 14.7. The van der Waals surface area contributed by atoms with Crippen LogP contribution in [0, 0.1) is 21.7 Å². The van der Waals surface area contributed by atoms with Crippen LogP contribution in [-0.2, 0) is 6.61 Å². The Morgan fingerprint density at radius 3 is 2.67 bits per heavy atom. The molecule has 6 nitrogen and oxygen atoms in total. The molecular weight excluding hydrogens is 284 g/mol. The van der Waals surface area contributed by atoms with Crippen LogP contribution in [0.2, 0.25) is 0 Å². The largest absolute Gasteiger partial charge is 0.486 e. The number of nitrogen functional groups attached to an aromatic ring is 1. The molecule has 0 fully saturated rings. The zero-order valence-corrected chi connectivity index (χ0v) is 10.7. The third-order valence-corrected chi connectivity index (χ3v) is 2.75. The molecular formula is C13H11F2N3O3. The molecule has 8 heteroatoms. The standard InChI is InChI=1S/C13H11F2N3O3/c14-9-4-5-12(10(15)6-9)21-7-8-2-1-3-11(18(19)20)13(8)17-16/h1-6,17H,7,16H2. The van der Waals surface area contributed by atoms with Crippen molar-refractivity contribution in [3.63, 3.8) is 0 Å². The lowest BCUT2D eigenvalue weighted by atomic mass is 10.1. The predicted molar refractivity (Wildman–Crippen MR) is 71.6 cm³/mol. The molecule has 0 saturated carbocycles. The minimum Gasteiger partial charge on any atom is -0.486 e. The normalized spacial score (nSPS) is 10.2. The van der Waals surface area contributed by atoms with Crippen molar-refractivity contribution in [2.75, 3.05) is 5.43 Å². The number of nitro benzene ring substituents is 1. The smallest absolute Gasteiger partial charge is 0.294 e. The SMILES string of the molecule is NNc1c(COc2ccc(F)cc2F)cccc1[N+](=O)[O-]. The topological polar surface area (TPSA) is 90.4 Å². The zero-order valence-electron chi connectivity index (χ0n) is 10.7. The molecule has 2 rings (SSSR count). The van der Waals surface area contributed by atoms with Crippen molar-refractivity contribution in [3.8, 4) is 5.75 Å². The van der Waals surface area contributed by atoms with Gasteiger partial charge >= 0.3 is 0 Å². The summed E-state index contributed by atoms with van der Waals surface area (Å²) in [4.78, 5) is 10.3. The van der Waals surface area contributed by atoms with E-state index in [-0.39, 0.29) is 23.7 Å². The third-order valence-electron chi connectivity index (χ3n) is 2.75. The highest BCUT2D eigenvalue weighted by molar-refractivity contribution is 5.65. The molecule has 0 aliphatic carbocycles. The number of rotatable bonds is 5. The van der Waals surface area contributed by atoms with Crippen molar-refractivity contribution in [1.29, 1.82) is 0 Å². The summed E-state index contributed by atoms with van der Waals surface area (Å²) in [5.74, 6) is 3.53. The lowest BCUT2D eigenvalue weighted by Crippen LogP contribution is -2.12.